The standard InChI is InChI=1S/C21H19ClN2O4/c1-28-18-10-4-14(5-11-18)19-12-8-17(9-13-20(25)26)24(19)23-21(27)15-2-6-16(22)7-3-15/h2-8,10-12H,9,13H2,1H3,(H,23,27)(H,25,26). The Bertz CT molecular complexity index is 979. The van der Waals surface area contributed by atoms with Gasteiger partial charge >= 0.3 is 5.97 Å². The third kappa shape index (κ3) is 4.53. The summed E-state index contributed by atoms with van der Waals surface area (Å²) in [6, 6.07) is 17.6. The fraction of sp³-hybridized carbons (Fsp3) is 0.143. The molecule has 0 aliphatic carbocycles. The van der Waals surface area contributed by atoms with Crippen molar-refractivity contribution in [3.63, 3.8) is 0 Å². The maximum Gasteiger partial charge on any atom is 0.303 e. The second kappa shape index (κ2) is 8.63. The van der Waals surface area contributed by atoms with E-state index in [0.717, 1.165) is 17.0 Å². The Hall–Kier alpha value is -3.25. The number of nitrogens with zero attached hydrogens (tertiary/aromatic N) is 1. The van der Waals surface area contributed by atoms with E-state index in [9.17, 15) is 9.59 Å². The molecule has 28 heavy (non-hydrogen) atoms. The summed E-state index contributed by atoms with van der Waals surface area (Å²) in [6.07, 6.45) is 0.245. The molecule has 1 aromatic heterocycles. The van der Waals surface area contributed by atoms with Crippen molar-refractivity contribution in [1.29, 1.82) is 0 Å². The van der Waals surface area contributed by atoms with Gasteiger partial charge < -0.3 is 9.84 Å². The van der Waals surface area contributed by atoms with Crippen molar-refractivity contribution in [2.45, 2.75) is 12.8 Å². The van der Waals surface area contributed by atoms with Crippen LogP contribution in [0.1, 0.15) is 22.5 Å². The van der Waals surface area contributed by atoms with Crippen LogP contribution in [0.5, 0.6) is 5.75 Å². The van der Waals surface area contributed by atoms with Crippen LogP contribution in [0.4, 0.5) is 0 Å². The zero-order chi connectivity index (χ0) is 20.1. The van der Waals surface area contributed by atoms with Gasteiger partial charge in [0.15, 0.2) is 0 Å². The van der Waals surface area contributed by atoms with Crippen molar-refractivity contribution in [1.82, 2.24) is 4.68 Å². The highest BCUT2D eigenvalue weighted by Gasteiger charge is 2.15. The van der Waals surface area contributed by atoms with Crippen molar-refractivity contribution >= 4 is 23.5 Å². The molecule has 0 aliphatic rings. The number of aliphatic carboxylic acids is 1. The molecule has 0 unspecified atom stereocenters. The van der Waals surface area contributed by atoms with E-state index in [4.69, 9.17) is 21.4 Å². The fourth-order valence-electron chi connectivity index (χ4n) is 2.80. The molecule has 0 saturated carbocycles. The van der Waals surface area contributed by atoms with Crippen LogP contribution in [0.15, 0.2) is 60.7 Å². The summed E-state index contributed by atoms with van der Waals surface area (Å²) in [5.41, 5.74) is 5.59. The number of carbonyl (C=O) groups excluding carboxylic acids is 1. The summed E-state index contributed by atoms with van der Waals surface area (Å²) >= 11 is 5.88. The number of hydrogen-bond donors (Lipinski definition) is 2. The molecule has 0 aliphatic heterocycles. The summed E-state index contributed by atoms with van der Waals surface area (Å²) in [4.78, 5) is 23.7. The van der Waals surface area contributed by atoms with Crippen molar-refractivity contribution in [2.24, 2.45) is 0 Å². The Morgan fingerprint density at radius 1 is 1.04 bits per heavy atom. The molecule has 2 N–H and O–H groups in total. The molecule has 144 valence electrons. The number of nitrogens with one attached hydrogen (secondary N) is 1. The molecule has 3 aromatic rings. The molecule has 0 atom stereocenters. The number of amides is 1. The predicted molar refractivity (Wildman–Crippen MR) is 108 cm³/mol. The first-order valence-electron chi connectivity index (χ1n) is 8.61. The molecule has 2 aromatic carbocycles. The number of rotatable bonds is 7. The highest BCUT2D eigenvalue weighted by atomic mass is 35.5. The lowest BCUT2D eigenvalue weighted by Crippen LogP contribution is -2.25. The lowest BCUT2D eigenvalue weighted by atomic mass is 10.1. The van der Waals surface area contributed by atoms with Gasteiger partial charge in [-0.25, -0.2) is 0 Å². The van der Waals surface area contributed by atoms with Crippen LogP contribution < -0.4 is 10.2 Å². The molecule has 0 bridgehead atoms. The van der Waals surface area contributed by atoms with E-state index < -0.39 is 5.97 Å². The van der Waals surface area contributed by atoms with Crippen molar-refractivity contribution in [3.05, 3.63) is 76.9 Å². The second-order valence-electron chi connectivity index (χ2n) is 6.12. The van der Waals surface area contributed by atoms with Crippen LogP contribution in [-0.4, -0.2) is 28.8 Å². The third-order valence-electron chi connectivity index (χ3n) is 4.26. The van der Waals surface area contributed by atoms with Crippen molar-refractivity contribution < 1.29 is 19.4 Å². The van der Waals surface area contributed by atoms with Gasteiger partial charge in [0.2, 0.25) is 0 Å². The van der Waals surface area contributed by atoms with Crippen molar-refractivity contribution in [2.75, 3.05) is 12.5 Å². The van der Waals surface area contributed by atoms with Crippen LogP contribution in [-0.2, 0) is 11.2 Å². The number of ether oxygens (including phenoxy) is 1. The minimum absolute atomic E-state index is 0.0388. The van der Waals surface area contributed by atoms with Gasteiger partial charge in [-0.2, -0.15) is 0 Å². The molecular weight excluding hydrogens is 380 g/mol. The average Bonchev–Trinajstić information content (AvgIpc) is 3.09. The largest absolute Gasteiger partial charge is 0.497 e. The molecule has 3 rings (SSSR count). The summed E-state index contributed by atoms with van der Waals surface area (Å²) in [6.45, 7) is 0. The van der Waals surface area contributed by atoms with E-state index in [-0.39, 0.29) is 18.7 Å². The average molecular weight is 399 g/mol. The van der Waals surface area contributed by atoms with Crippen LogP contribution in [0.3, 0.4) is 0 Å². The van der Waals surface area contributed by atoms with Crippen LogP contribution in [0.2, 0.25) is 5.02 Å². The first kappa shape index (κ1) is 19.5. The molecule has 0 saturated heterocycles. The smallest absolute Gasteiger partial charge is 0.303 e. The van der Waals surface area contributed by atoms with E-state index in [2.05, 4.69) is 5.43 Å². The van der Waals surface area contributed by atoms with E-state index in [1.54, 1.807) is 36.1 Å². The second-order valence-corrected chi connectivity index (χ2v) is 6.55. The zero-order valence-electron chi connectivity index (χ0n) is 15.2. The van der Waals surface area contributed by atoms with Gasteiger partial charge in [0.1, 0.15) is 5.75 Å². The van der Waals surface area contributed by atoms with E-state index in [0.29, 0.717) is 16.3 Å². The Labute approximate surface area is 167 Å². The van der Waals surface area contributed by atoms with Gasteiger partial charge in [-0.05, 0) is 60.7 Å². The first-order chi connectivity index (χ1) is 13.5. The number of benzene rings is 2. The third-order valence-corrected chi connectivity index (χ3v) is 4.51. The summed E-state index contributed by atoms with van der Waals surface area (Å²) in [5.74, 6) is -0.500. The number of carboxylic acids is 1. The van der Waals surface area contributed by atoms with E-state index in [1.165, 1.54) is 0 Å². The lowest BCUT2D eigenvalue weighted by molar-refractivity contribution is -0.136. The van der Waals surface area contributed by atoms with Gasteiger partial charge in [-0.15, -0.1) is 0 Å². The number of hydrogen-bond acceptors (Lipinski definition) is 3. The van der Waals surface area contributed by atoms with Crippen molar-refractivity contribution in [3.8, 4) is 17.0 Å². The Kier molecular flexibility index (Phi) is 6.01. The molecule has 0 spiro atoms. The summed E-state index contributed by atoms with van der Waals surface area (Å²) in [5, 5.41) is 9.55. The maximum absolute atomic E-state index is 12.7. The molecule has 1 amide bonds. The minimum atomic E-state index is -0.900. The number of methoxy groups -OCH3 is 1. The predicted octanol–water partition coefficient (Wildman–Crippen LogP) is 4.22. The number of halogens is 1. The highest BCUT2D eigenvalue weighted by Crippen LogP contribution is 2.25. The van der Waals surface area contributed by atoms with Gasteiger partial charge in [0.25, 0.3) is 5.91 Å². The summed E-state index contributed by atoms with van der Waals surface area (Å²) < 4.78 is 6.81. The molecule has 7 heteroatoms. The van der Waals surface area contributed by atoms with Crippen LogP contribution in [0, 0.1) is 0 Å². The normalized spacial score (nSPS) is 10.5. The Balaban J connectivity index is 1.94. The van der Waals surface area contributed by atoms with Gasteiger partial charge in [0.05, 0.1) is 19.2 Å². The van der Waals surface area contributed by atoms with Crippen LogP contribution >= 0.6 is 11.6 Å². The van der Waals surface area contributed by atoms with E-state index >= 15 is 0 Å². The Morgan fingerprint density at radius 3 is 2.32 bits per heavy atom. The van der Waals surface area contributed by atoms with Gasteiger partial charge in [0, 0.05) is 28.3 Å². The molecular formula is C21H19ClN2O4. The van der Waals surface area contributed by atoms with E-state index in [1.807, 2.05) is 36.4 Å². The number of aryl methyl sites for hydroxylation is 1. The zero-order valence-corrected chi connectivity index (χ0v) is 15.9. The highest BCUT2D eigenvalue weighted by molar-refractivity contribution is 6.30. The van der Waals surface area contributed by atoms with Gasteiger partial charge in [-0.1, -0.05) is 11.6 Å². The molecule has 1 heterocycles. The minimum Gasteiger partial charge on any atom is -0.497 e. The quantitative estimate of drug-likeness (QED) is 0.624. The lowest BCUT2D eigenvalue weighted by Gasteiger charge is -2.15. The number of carbonyl (C=O) groups is 2. The molecule has 6 nitrogen and oxygen atoms in total. The first-order valence-corrected chi connectivity index (χ1v) is 8.99. The number of aromatic nitrogens is 1. The van der Waals surface area contributed by atoms with Crippen LogP contribution in [0.25, 0.3) is 11.3 Å². The molecule has 0 fully saturated rings. The molecule has 0 radical (unpaired) electrons. The van der Waals surface area contributed by atoms with Gasteiger partial charge in [-0.3, -0.25) is 19.7 Å². The monoisotopic (exact) mass is 398 g/mol. The maximum atomic E-state index is 12.7. The SMILES string of the molecule is COc1ccc(-c2ccc(CCC(=O)O)n2NC(=O)c2ccc(Cl)cc2)cc1. The fourth-order valence-corrected chi connectivity index (χ4v) is 2.92. The Morgan fingerprint density at radius 2 is 1.71 bits per heavy atom. The topological polar surface area (TPSA) is 80.6 Å². The number of carboxylic acid groups (broad SMARTS) is 1. The summed E-state index contributed by atoms with van der Waals surface area (Å²) in [7, 11) is 1.59.